The lowest BCUT2D eigenvalue weighted by molar-refractivity contribution is 0.299. The molecule has 3 aliphatic rings. The predicted molar refractivity (Wildman–Crippen MR) is 104 cm³/mol. The smallest absolute Gasteiger partial charge is 0.0848 e. The highest BCUT2D eigenvalue weighted by Gasteiger charge is 2.49. The molecule has 4 atom stereocenters. The molecule has 1 saturated carbocycles. The molecule has 1 aliphatic heterocycles. The molecule has 1 heteroatoms. The molecule has 24 heavy (non-hydrogen) atoms. The van der Waals surface area contributed by atoms with Crippen molar-refractivity contribution in [3.8, 4) is 0 Å². The normalized spacial score (nSPS) is 33.2. The van der Waals surface area contributed by atoms with Gasteiger partial charge in [0.15, 0.2) is 0 Å². The zero-order valence-electron chi connectivity index (χ0n) is 14.3. The Labute approximate surface area is 146 Å². The fourth-order valence-corrected chi connectivity index (χ4v) is 11.1. The van der Waals surface area contributed by atoms with Crippen molar-refractivity contribution in [1.82, 2.24) is 0 Å². The zero-order chi connectivity index (χ0) is 16.0. The summed E-state index contributed by atoms with van der Waals surface area (Å²) in [6, 6.07) is 25.9. The van der Waals surface area contributed by atoms with Crippen LogP contribution >= 0.6 is 0 Å². The van der Waals surface area contributed by atoms with Crippen molar-refractivity contribution in [2.45, 2.75) is 31.4 Å². The van der Waals surface area contributed by atoms with Gasteiger partial charge in [0.1, 0.15) is 8.07 Å². The topological polar surface area (TPSA) is 0 Å². The summed E-state index contributed by atoms with van der Waals surface area (Å²) in [6.45, 7) is 0. The van der Waals surface area contributed by atoms with Gasteiger partial charge in [-0.05, 0) is 42.2 Å². The molecule has 1 heterocycles. The number of allylic oxidation sites excluding steroid dienone is 2. The van der Waals surface area contributed by atoms with Crippen LogP contribution in [0, 0.1) is 23.7 Å². The molecular formula is C23H26Si. The van der Waals surface area contributed by atoms with Crippen molar-refractivity contribution < 1.29 is 0 Å². The lowest BCUT2D eigenvalue weighted by atomic mass is 9.80. The minimum atomic E-state index is -1.61. The lowest BCUT2D eigenvalue weighted by Crippen LogP contribution is -2.57. The van der Waals surface area contributed by atoms with E-state index in [9.17, 15) is 0 Å². The van der Waals surface area contributed by atoms with Gasteiger partial charge in [0.2, 0.25) is 0 Å². The van der Waals surface area contributed by atoms with Gasteiger partial charge < -0.3 is 0 Å². The van der Waals surface area contributed by atoms with Crippen LogP contribution < -0.4 is 10.4 Å². The standard InChI is InChI=1S/C23H26Si/c1-3-7-20(8-4-1)24(21-9-5-2-6-10-21)15-13-22-18-11-12-19(17-18)23(22)14-16-24/h1-12,18-19,22-23H,13-17H2/t18?,19?,22-,23-/m1/s1. The van der Waals surface area contributed by atoms with Crippen LogP contribution in [-0.4, -0.2) is 8.07 Å². The summed E-state index contributed by atoms with van der Waals surface area (Å²) in [4.78, 5) is 0. The van der Waals surface area contributed by atoms with Gasteiger partial charge in [-0.1, -0.05) is 96.0 Å². The predicted octanol–water partition coefficient (Wildman–Crippen LogP) is 4.48. The minimum Gasteiger partial charge on any atom is -0.0848 e. The van der Waals surface area contributed by atoms with E-state index in [-0.39, 0.29) is 0 Å². The fourth-order valence-electron chi connectivity index (χ4n) is 6.09. The van der Waals surface area contributed by atoms with Crippen molar-refractivity contribution in [1.29, 1.82) is 0 Å². The van der Waals surface area contributed by atoms with Crippen LogP contribution in [0.4, 0.5) is 0 Å². The Morgan fingerprint density at radius 1 is 0.625 bits per heavy atom. The number of benzene rings is 2. The molecule has 0 radical (unpaired) electrons. The fraction of sp³-hybridized carbons (Fsp3) is 0.391. The molecule has 2 unspecified atom stereocenters. The van der Waals surface area contributed by atoms with Crippen LogP contribution in [0.25, 0.3) is 0 Å². The van der Waals surface area contributed by atoms with E-state index >= 15 is 0 Å². The average Bonchev–Trinajstić information content (AvgIpc) is 3.19. The molecule has 0 N–H and O–H groups in total. The molecule has 2 bridgehead atoms. The maximum absolute atomic E-state index is 2.55. The molecule has 1 saturated heterocycles. The summed E-state index contributed by atoms with van der Waals surface area (Å²) < 4.78 is 0. The Morgan fingerprint density at radius 2 is 1.08 bits per heavy atom. The third-order valence-corrected chi connectivity index (χ3v) is 12.4. The number of hydrogen-bond donors (Lipinski definition) is 0. The van der Waals surface area contributed by atoms with Crippen LogP contribution in [0.15, 0.2) is 72.8 Å². The van der Waals surface area contributed by atoms with Crippen LogP contribution in [0.5, 0.6) is 0 Å². The highest BCUT2D eigenvalue weighted by atomic mass is 28.3. The highest BCUT2D eigenvalue weighted by Crippen LogP contribution is 2.54. The second-order valence-corrected chi connectivity index (χ2v) is 12.5. The van der Waals surface area contributed by atoms with Gasteiger partial charge >= 0.3 is 0 Å². The van der Waals surface area contributed by atoms with E-state index in [4.69, 9.17) is 0 Å². The van der Waals surface area contributed by atoms with Crippen LogP contribution in [0.1, 0.15) is 19.3 Å². The van der Waals surface area contributed by atoms with Gasteiger partial charge in [-0.3, -0.25) is 0 Å². The summed E-state index contributed by atoms with van der Waals surface area (Å²) in [5.74, 6) is 3.75. The Hall–Kier alpha value is -1.60. The summed E-state index contributed by atoms with van der Waals surface area (Å²) in [6.07, 6.45) is 9.45. The number of hydrogen-bond acceptors (Lipinski definition) is 0. The van der Waals surface area contributed by atoms with Crippen LogP contribution in [-0.2, 0) is 0 Å². The summed E-state index contributed by atoms with van der Waals surface area (Å²) >= 11 is 0. The van der Waals surface area contributed by atoms with Crippen molar-refractivity contribution >= 4 is 18.4 Å². The molecule has 2 fully saturated rings. The molecule has 5 rings (SSSR count). The second kappa shape index (κ2) is 5.74. The first-order chi connectivity index (χ1) is 11.9. The van der Waals surface area contributed by atoms with Gasteiger partial charge in [0, 0.05) is 0 Å². The van der Waals surface area contributed by atoms with E-state index in [0.29, 0.717) is 0 Å². The molecule has 122 valence electrons. The molecule has 2 aromatic rings. The van der Waals surface area contributed by atoms with Gasteiger partial charge in [-0.2, -0.15) is 0 Å². The maximum Gasteiger partial charge on any atom is 0.118 e. The van der Waals surface area contributed by atoms with Crippen LogP contribution in [0.2, 0.25) is 12.1 Å². The molecule has 0 nitrogen and oxygen atoms in total. The first-order valence-electron chi connectivity index (χ1n) is 9.66. The molecule has 0 aromatic heterocycles. The first kappa shape index (κ1) is 14.7. The van der Waals surface area contributed by atoms with Gasteiger partial charge in [0.05, 0.1) is 0 Å². The van der Waals surface area contributed by atoms with Crippen molar-refractivity contribution in [3.05, 3.63) is 72.8 Å². The highest BCUT2D eigenvalue weighted by molar-refractivity contribution is 7.02. The minimum absolute atomic E-state index is 0.899. The molecule has 2 aromatic carbocycles. The van der Waals surface area contributed by atoms with Gasteiger partial charge in [-0.15, -0.1) is 0 Å². The SMILES string of the molecule is C1=CC2CC1[C@H]1CC[Si](c3ccccc3)(c3ccccc3)CC[C@H]21. The van der Waals surface area contributed by atoms with E-state index in [1.54, 1.807) is 10.4 Å². The van der Waals surface area contributed by atoms with Crippen molar-refractivity contribution in [3.63, 3.8) is 0 Å². The summed E-state index contributed by atoms with van der Waals surface area (Å²) in [5.41, 5.74) is 0. The Morgan fingerprint density at radius 3 is 1.54 bits per heavy atom. The van der Waals surface area contributed by atoms with Gasteiger partial charge in [0.25, 0.3) is 0 Å². The summed E-state index contributed by atoms with van der Waals surface area (Å²) in [7, 11) is -1.61. The van der Waals surface area contributed by atoms with E-state index in [1.165, 1.54) is 31.4 Å². The third-order valence-electron chi connectivity index (χ3n) is 7.26. The Bertz CT molecular complexity index is 670. The largest absolute Gasteiger partial charge is 0.118 e. The molecule has 0 spiro atoms. The van der Waals surface area contributed by atoms with Crippen LogP contribution in [0.3, 0.4) is 0 Å². The monoisotopic (exact) mass is 330 g/mol. The van der Waals surface area contributed by atoms with Crippen molar-refractivity contribution in [2.75, 3.05) is 0 Å². The van der Waals surface area contributed by atoms with Gasteiger partial charge in [-0.25, -0.2) is 0 Å². The van der Waals surface area contributed by atoms with E-state index in [0.717, 1.165) is 23.7 Å². The average molecular weight is 331 g/mol. The number of rotatable bonds is 2. The second-order valence-electron chi connectivity index (χ2n) is 8.17. The Balaban J connectivity index is 1.56. The maximum atomic E-state index is 2.55. The molecular weight excluding hydrogens is 304 g/mol. The van der Waals surface area contributed by atoms with E-state index in [2.05, 4.69) is 72.8 Å². The quantitative estimate of drug-likeness (QED) is 0.562. The zero-order valence-corrected chi connectivity index (χ0v) is 15.3. The molecule has 0 amide bonds. The lowest BCUT2D eigenvalue weighted by Gasteiger charge is -2.32. The first-order valence-corrected chi connectivity index (χ1v) is 12.1. The Kier molecular flexibility index (Phi) is 3.52. The van der Waals surface area contributed by atoms with E-state index in [1.807, 2.05) is 0 Å². The van der Waals surface area contributed by atoms with Crippen molar-refractivity contribution in [2.24, 2.45) is 23.7 Å². The number of fused-ring (bicyclic) bond motifs is 5. The molecule has 2 aliphatic carbocycles. The summed E-state index contributed by atoms with van der Waals surface area (Å²) in [5, 5.41) is 3.33. The third kappa shape index (κ3) is 2.18. The van der Waals surface area contributed by atoms with E-state index < -0.39 is 8.07 Å².